The molecule has 3 heteroatoms. The monoisotopic (exact) mass is 275 g/mol. The lowest BCUT2D eigenvalue weighted by Crippen LogP contribution is -2.24. The standard InChI is InChI=1S/C11H18BrNS/c1-5-13-11(7(2)3)10-6-9(12)8(4)14-10/h6-7,11,13H,5H2,1-4H3. The zero-order valence-corrected chi connectivity index (χ0v) is 11.6. The molecule has 0 aliphatic rings. The van der Waals surface area contributed by atoms with Crippen LogP contribution in [0, 0.1) is 12.8 Å². The number of hydrogen-bond acceptors (Lipinski definition) is 2. The molecule has 14 heavy (non-hydrogen) atoms. The summed E-state index contributed by atoms with van der Waals surface area (Å²) in [6.07, 6.45) is 0. The van der Waals surface area contributed by atoms with Gasteiger partial charge in [-0.1, -0.05) is 20.8 Å². The van der Waals surface area contributed by atoms with Crippen molar-refractivity contribution in [2.24, 2.45) is 5.92 Å². The number of rotatable bonds is 4. The zero-order chi connectivity index (χ0) is 10.7. The molecule has 1 atom stereocenters. The molecule has 0 aromatic carbocycles. The Labute approximate surface area is 99.0 Å². The fourth-order valence-electron chi connectivity index (χ4n) is 1.52. The Morgan fingerprint density at radius 3 is 2.50 bits per heavy atom. The number of nitrogens with one attached hydrogen (secondary N) is 1. The van der Waals surface area contributed by atoms with E-state index in [1.807, 2.05) is 11.3 Å². The largest absolute Gasteiger partial charge is 0.309 e. The first kappa shape index (κ1) is 12.2. The van der Waals surface area contributed by atoms with Crippen LogP contribution in [0.5, 0.6) is 0 Å². The molecule has 1 N–H and O–H groups in total. The Morgan fingerprint density at radius 1 is 1.50 bits per heavy atom. The van der Waals surface area contributed by atoms with Gasteiger partial charge in [0.2, 0.25) is 0 Å². The van der Waals surface area contributed by atoms with Crippen LogP contribution < -0.4 is 5.32 Å². The lowest BCUT2D eigenvalue weighted by Gasteiger charge is -2.20. The predicted molar refractivity (Wildman–Crippen MR) is 68.0 cm³/mol. The second-order valence-corrected chi connectivity index (χ2v) is 5.97. The highest BCUT2D eigenvalue weighted by Crippen LogP contribution is 2.33. The smallest absolute Gasteiger partial charge is 0.0438 e. The average molecular weight is 276 g/mol. The molecule has 0 saturated heterocycles. The van der Waals surface area contributed by atoms with Crippen molar-refractivity contribution in [1.82, 2.24) is 5.32 Å². The summed E-state index contributed by atoms with van der Waals surface area (Å²) in [5, 5.41) is 3.53. The minimum absolute atomic E-state index is 0.495. The van der Waals surface area contributed by atoms with Crippen LogP contribution in [0.4, 0.5) is 0 Å². The maximum atomic E-state index is 3.57. The molecule has 1 aromatic rings. The molecular weight excluding hydrogens is 258 g/mol. The van der Waals surface area contributed by atoms with Crippen molar-refractivity contribution in [1.29, 1.82) is 0 Å². The number of thiophene rings is 1. The van der Waals surface area contributed by atoms with Crippen molar-refractivity contribution in [2.45, 2.75) is 33.7 Å². The van der Waals surface area contributed by atoms with E-state index in [1.54, 1.807) is 0 Å². The molecule has 0 aliphatic carbocycles. The van der Waals surface area contributed by atoms with E-state index in [9.17, 15) is 0 Å². The molecule has 80 valence electrons. The van der Waals surface area contributed by atoms with Crippen molar-refractivity contribution in [3.05, 3.63) is 20.3 Å². The number of hydrogen-bond donors (Lipinski definition) is 1. The van der Waals surface area contributed by atoms with Crippen molar-refractivity contribution in [3.8, 4) is 0 Å². The summed E-state index contributed by atoms with van der Waals surface area (Å²) in [7, 11) is 0. The molecule has 1 rings (SSSR count). The molecular formula is C11H18BrNS. The fourth-order valence-corrected chi connectivity index (χ4v) is 3.33. The molecule has 1 nitrogen and oxygen atoms in total. The first-order valence-electron chi connectivity index (χ1n) is 5.05. The first-order valence-corrected chi connectivity index (χ1v) is 6.66. The number of aryl methyl sites for hydroxylation is 1. The lowest BCUT2D eigenvalue weighted by atomic mass is 10.0. The van der Waals surface area contributed by atoms with E-state index in [-0.39, 0.29) is 0 Å². The Kier molecular flexibility index (Phi) is 4.61. The molecule has 1 unspecified atom stereocenters. The second-order valence-electron chi connectivity index (χ2n) is 3.83. The van der Waals surface area contributed by atoms with Gasteiger partial charge in [-0.05, 0) is 41.4 Å². The topological polar surface area (TPSA) is 12.0 Å². The minimum Gasteiger partial charge on any atom is -0.309 e. The Bertz CT molecular complexity index is 274. The molecule has 1 aromatic heterocycles. The summed E-state index contributed by atoms with van der Waals surface area (Å²) in [4.78, 5) is 2.80. The summed E-state index contributed by atoms with van der Waals surface area (Å²) in [6, 6.07) is 2.74. The third kappa shape index (κ3) is 2.81. The molecule has 0 bridgehead atoms. The van der Waals surface area contributed by atoms with E-state index in [1.165, 1.54) is 14.2 Å². The van der Waals surface area contributed by atoms with Gasteiger partial charge in [-0.3, -0.25) is 0 Å². The van der Waals surface area contributed by atoms with Crippen molar-refractivity contribution in [2.75, 3.05) is 6.54 Å². The van der Waals surface area contributed by atoms with Crippen molar-refractivity contribution in [3.63, 3.8) is 0 Å². The molecule has 0 fully saturated rings. The summed E-state index contributed by atoms with van der Waals surface area (Å²) in [6.45, 7) is 9.86. The van der Waals surface area contributed by atoms with Crippen molar-refractivity contribution >= 4 is 27.3 Å². The highest BCUT2D eigenvalue weighted by molar-refractivity contribution is 9.10. The van der Waals surface area contributed by atoms with Gasteiger partial charge in [0.25, 0.3) is 0 Å². The maximum absolute atomic E-state index is 3.57. The van der Waals surface area contributed by atoms with Gasteiger partial charge in [-0.2, -0.15) is 0 Å². The summed E-state index contributed by atoms with van der Waals surface area (Å²) in [5.74, 6) is 0.639. The van der Waals surface area contributed by atoms with E-state index >= 15 is 0 Å². The number of halogens is 1. The molecule has 1 heterocycles. The average Bonchev–Trinajstić information content (AvgIpc) is 2.42. The third-order valence-corrected chi connectivity index (χ3v) is 4.49. The van der Waals surface area contributed by atoms with E-state index in [0.29, 0.717) is 12.0 Å². The van der Waals surface area contributed by atoms with Gasteiger partial charge in [0, 0.05) is 20.3 Å². The van der Waals surface area contributed by atoms with E-state index in [0.717, 1.165) is 6.54 Å². The Hall–Kier alpha value is 0.140. The summed E-state index contributed by atoms with van der Waals surface area (Å²) in [5.41, 5.74) is 0. The summed E-state index contributed by atoms with van der Waals surface area (Å²) < 4.78 is 1.24. The van der Waals surface area contributed by atoms with Gasteiger partial charge in [0.15, 0.2) is 0 Å². The van der Waals surface area contributed by atoms with Crippen LogP contribution in [-0.2, 0) is 0 Å². The van der Waals surface area contributed by atoms with Crippen LogP contribution >= 0.6 is 27.3 Å². The fraction of sp³-hybridized carbons (Fsp3) is 0.636. The van der Waals surface area contributed by atoms with Crippen LogP contribution in [0.2, 0.25) is 0 Å². The predicted octanol–water partition coefficient (Wildman–Crippen LogP) is 4.13. The Balaban J connectivity index is 2.87. The maximum Gasteiger partial charge on any atom is 0.0438 e. The zero-order valence-electron chi connectivity index (χ0n) is 9.23. The van der Waals surface area contributed by atoms with Crippen LogP contribution in [0.3, 0.4) is 0 Å². The summed E-state index contributed by atoms with van der Waals surface area (Å²) >= 11 is 5.45. The first-order chi connectivity index (χ1) is 6.56. The lowest BCUT2D eigenvalue weighted by molar-refractivity contribution is 0.428. The van der Waals surface area contributed by atoms with Gasteiger partial charge < -0.3 is 5.32 Å². The van der Waals surface area contributed by atoms with Crippen molar-refractivity contribution < 1.29 is 0 Å². The van der Waals surface area contributed by atoms with Gasteiger partial charge >= 0.3 is 0 Å². The van der Waals surface area contributed by atoms with Gasteiger partial charge in [0.1, 0.15) is 0 Å². The van der Waals surface area contributed by atoms with Gasteiger partial charge in [-0.25, -0.2) is 0 Å². The molecule has 0 amide bonds. The van der Waals surface area contributed by atoms with E-state index in [4.69, 9.17) is 0 Å². The van der Waals surface area contributed by atoms with Crippen LogP contribution in [0.1, 0.15) is 36.6 Å². The normalized spacial score (nSPS) is 13.6. The highest BCUT2D eigenvalue weighted by atomic mass is 79.9. The molecule has 0 saturated carbocycles. The second kappa shape index (κ2) is 5.29. The third-order valence-electron chi connectivity index (χ3n) is 2.27. The van der Waals surface area contributed by atoms with E-state index in [2.05, 4.69) is 55.0 Å². The quantitative estimate of drug-likeness (QED) is 0.872. The molecule has 0 radical (unpaired) electrons. The Morgan fingerprint density at radius 2 is 2.14 bits per heavy atom. The van der Waals surface area contributed by atoms with Gasteiger partial charge in [0.05, 0.1) is 0 Å². The minimum atomic E-state index is 0.495. The molecule has 0 spiro atoms. The van der Waals surface area contributed by atoms with Crippen LogP contribution in [0.15, 0.2) is 10.5 Å². The van der Waals surface area contributed by atoms with Gasteiger partial charge in [-0.15, -0.1) is 11.3 Å². The van der Waals surface area contributed by atoms with Crippen LogP contribution in [-0.4, -0.2) is 6.54 Å². The SMILES string of the molecule is CCNC(c1cc(Br)c(C)s1)C(C)C. The highest BCUT2D eigenvalue weighted by Gasteiger charge is 2.17. The molecule has 0 aliphatic heterocycles. The van der Waals surface area contributed by atoms with E-state index < -0.39 is 0 Å². The van der Waals surface area contributed by atoms with Crippen LogP contribution in [0.25, 0.3) is 0 Å².